The molecule has 0 amide bonds. The van der Waals surface area contributed by atoms with Gasteiger partial charge in [-0.1, -0.05) is 6.08 Å². The van der Waals surface area contributed by atoms with E-state index in [1.807, 2.05) is 6.92 Å². The van der Waals surface area contributed by atoms with E-state index in [4.69, 9.17) is 14.2 Å². The Balaban J connectivity index is 1.95. The summed E-state index contributed by atoms with van der Waals surface area (Å²) in [5.41, 5.74) is 0. The molecule has 0 aromatic heterocycles. The van der Waals surface area contributed by atoms with Crippen LogP contribution in [0.5, 0.6) is 0 Å². The highest BCUT2D eigenvalue weighted by atomic mass is 16.7. The van der Waals surface area contributed by atoms with Gasteiger partial charge in [-0.25, -0.2) is 0 Å². The van der Waals surface area contributed by atoms with Gasteiger partial charge >= 0.3 is 0 Å². The molecule has 1 fully saturated rings. The van der Waals surface area contributed by atoms with Crippen LogP contribution in [-0.2, 0) is 14.2 Å². The molecule has 0 aliphatic carbocycles. The van der Waals surface area contributed by atoms with Crippen molar-refractivity contribution in [2.24, 2.45) is 0 Å². The monoisotopic (exact) mass is 200 g/mol. The van der Waals surface area contributed by atoms with Crippen LogP contribution in [0, 0.1) is 0 Å². The largest absolute Gasteiger partial charge is 0.377 e. The number of rotatable bonds is 7. The summed E-state index contributed by atoms with van der Waals surface area (Å²) in [4.78, 5) is 0. The first-order valence-electron chi connectivity index (χ1n) is 5.23. The van der Waals surface area contributed by atoms with Crippen molar-refractivity contribution in [3.05, 3.63) is 12.7 Å². The summed E-state index contributed by atoms with van der Waals surface area (Å²) in [5.74, 6) is -0.335. The van der Waals surface area contributed by atoms with Crippen LogP contribution in [0.15, 0.2) is 12.7 Å². The molecule has 1 aliphatic rings. The van der Waals surface area contributed by atoms with Crippen molar-refractivity contribution in [1.82, 2.24) is 0 Å². The van der Waals surface area contributed by atoms with Crippen molar-refractivity contribution in [1.29, 1.82) is 0 Å². The zero-order chi connectivity index (χ0) is 10.3. The molecule has 1 rings (SSSR count). The van der Waals surface area contributed by atoms with Crippen molar-refractivity contribution in [3.63, 3.8) is 0 Å². The quantitative estimate of drug-likeness (QED) is 0.465. The smallest absolute Gasteiger partial charge is 0.165 e. The Hall–Kier alpha value is -0.380. The first-order valence-corrected chi connectivity index (χ1v) is 5.23. The lowest BCUT2D eigenvalue weighted by Gasteiger charge is -2.21. The van der Waals surface area contributed by atoms with Gasteiger partial charge in [-0.2, -0.15) is 0 Å². The molecule has 14 heavy (non-hydrogen) atoms. The third-order valence-electron chi connectivity index (χ3n) is 2.30. The van der Waals surface area contributed by atoms with Crippen molar-refractivity contribution < 1.29 is 14.2 Å². The zero-order valence-corrected chi connectivity index (χ0v) is 8.96. The minimum Gasteiger partial charge on any atom is -0.377 e. The van der Waals surface area contributed by atoms with Gasteiger partial charge in [-0.05, 0) is 19.8 Å². The summed E-state index contributed by atoms with van der Waals surface area (Å²) in [6.07, 6.45) is 4.85. The van der Waals surface area contributed by atoms with Crippen molar-refractivity contribution in [2.75, 3.05) is 26.4 Å². The molecule has 0 saturated carbocycles. The molecule has 0 aromatic rings. The standard InChI is InChI=1S/C11H20O3/c1-3-7-12-8-5-4-6-11(2)13-9-10-14-11/h3H,1,4-10H2,2H3. The number of unbranched alkanes of at least 4 members (excludes halogenated alkanes) is 1. The second kappa shape index (κ2) is 6.17. The lowest BCUT2D eigenvalue weighted by molar-refractivity contribution is -0.147. The van der Waals surface area contributed by atoms with Gasteiger partial charge in [0.2, 0.25) is 0 Å². The maximum Gasteiger partial charge on any atom is 0.165 e. The van der Waals surface area contributed by atoms with Crippen LogP contribution in [0.25, 0.3) is 0 Å². The van der Waals surface area contributed by atoms with Crippen LogP contribution in [0.4, 0.5) is 0 Å². The van der Waals surface area contributed by atoms with Crippen LogP contribution < -0.4 is 0 Å². The molecular weight excluding hydrogens is 180 g/mol. The van der Waals surface area contributed by atoms with Crippen molar-refractivity contribution in [3.8, 4) is 0 Å². The Morgan fingerprint density at radius 1 is 1.36 bits per heavy atom. The lowest BCUT2D eigenvalue weighted by Crippen LogP contribution is -2.25. The fourth-order valence-electron chi connectivity index (χ4n) is 1.52. The Morgan fingerprint density at radius 2 is 2.07 bits per heavy atom. The first-order chi connectivity index (χ1) is 6.77. The van der Waals surface area contributed by atoms with Crippen molar-refractivity contribution >= 4 is 0 Å². The summed E-state index contributed by atoms with van der Waals surface area (Å²) < 4.78 is 16.3. The molecule has 0 atom stereocenters. The first kappa shape index (κ1) is 11.7. The maximum atomic E-state index is 5.49. The summed E-state index contributed by atoms with van der Waals surface area (Å²) in [6, 6.07) is 0. The SMILES string of the molecule is C=CCOCCCCC1(C)OCCO1. The van der Waals surface area contributed by atoms with E-state index in [0.29, 0.717) is 6.61 Å². The summed E-state index contributed by atoms with van der Waals surface area (Å²) in [5, 5.41) is 0. The van der Waals surface area contributed by atoms with Crippen molar-refractivity contribution in [2.45, 2.75) is 32.0 Å². The summed E-state index contributed by atoms with van der Waals surface area (Å²) in [6.45, 7) is 8.48. The molecule has 0 bridgehead atoms. The third kappa shape index (κ3) is 4.22. The molecule has 3 heteroatoms. The molecule has 1 saturated heterocycles. The van der Waals surface area contributed by atoms with E-state index < -0.39 is 0 Å². The molecule has 82 valence electrons. The third-order valence-corrected chi connectivity index (χ3v) is 2.30. The molecule has 3 nitrogen and oxygen atoms in total. The van der Waals surface area contributed by atoms with Gasteiger partial charge < -0.3 is 14.2 Å². The normalized spacial score (nSPS) is 19.8. The van der Waals surface area contributed by atoms with Gasteiger partial charge in [-0.3, -0.25) is 0 Å². The van der Waals surface area contributed by atoms with Gasteiger partial charge in [0, 0.05) is 13.0 Å². The molecule has 0 N–H and O–H groups in total. The molecular formula is C11H20O3. The number of hydrogen-bond acceptors (Lipinski definition) is 3. The number of ether oxygens (including phenoxy) is 3. The molecule has 0 spiro atoms. The average Bonchev–Trinajstić information content (AvgIpc) is 2.59. The molecule has 0 unspecified atom stereocenters. The zero-order valence-electron chi connectivity index (χ0n) is 8.96. The molecule has 1 aliphatic heterocycles. The highest BCUT2D eigenvalue weighted by Crippen LogP contribution is 2.24. The maximum absolute atomic E-state index is 5.49. The van der Waals surface area contributed by atoms with Crippen LogP contribution >= 0.6 is 0 Å². The lowest BCUT2D eigenvalue weighted by atomic mass is 10.1. The Morgan fingerprint density at radius 3 is 2.71 bits per heavy atom. The molecule has 0 radical (unpaired) electrons. The average molecular weight is 200 g/mol. The molecule has 1 heterocycles. The Bertz CT molecular complexity index is 162. The van der Waals surface area contributed by atoms with Gasteiger partial charge in [0.1, 0.15) is 0 Å². The van der Waals surface area contributed by atoms with Crippen LogP contribution in [0.3, 0.4) is 0 Å². The second-order valence-corrected chi connectivity index (χ2v) is 3.65. The number of hydrogen-bond donors (Lipinski definition) is 0. The fourth-order valence-corrected chi connectivity index (χ4v) is 1.52. The van der Waals surface area contributed by atoms with E-state index in [1.165, 1.54) is 0 Å². The van der Waals surface area contributed by atoms with E-state index in [2.05, 4.69) is 6.58 Å². The second-order valence-electron chi connectivity index (χ2n) is 3.65. The summed E-state index contributed by atoms with van der Waals surface area (Å²) in [7, 11) is 0. The van der Waals surface area contributed by atoms with Gasteiger partial charge in [-0.15, -0.1) is 6.58 Å². The van der Waals surface area contributed by atoms with E-state index >= 15 is 0 Å². The molecule has 0 aromatic carbocycles. The summed E-state index contributed by atoms with van der Waals surface area (Å²) >= 11 is 0. The minimum absolute atomic E-state index is 0.335. The predicted octanol–water partition coefficient (Wildman–Crippen LogP) is 2.12. The minimum atomic E-state index is -0.335. The highest BCUT2D eigenvalue weighted by molar-refractivity contribution is 4.68. The van der Waals surface area contributed by atoms with Gasteiger partial charge in [0.25, 0.3) is 0 Å². The van der Waals surface area contributed by atoms with E-state index in [-0.39, 0.29) is 5.79 Å². The van der Waals surface area contributed by atoms with E-state index in [9.17, 15) is 0 Å². The fraction of sp³-hybridized carbons (Fsp3) is 0.818. The van der Waals surface area contributed by atoms with Crippen LogP contribution in [-0.4, -0.2) is 32.2 Å². The predicted molar refractivity (Wildman–Crippen MR) is 55.2 cm³/mol. The Kier molecular flexibility index (Phi) is 5.15. The topological polar surface area (TPSA) is 27.7 Å². The van der Waals surface area contributed by atoms with E-state index in [1.54, 1.807) is 6.08 Å². The Labute approximate surface area is 86.0 Å². The van der Waals surface area contributed by atoms with Crippen LogP contribution in [0.2, 0.25) is 0 Å². The van der Waals surface area contributed by atoms with Gasteiger partial charge in [0.05, 0.1) is 19.8 Å². The van der Waals surface area contributed by atoms with Crippen LogP contribution in [0.1, 0.15) is 26.2 Å². The highest BCUT2D eigenvalue weighted by Gasteiger charge is 2.29. The van der Waals surface area contributed by atoms with E-state index in [0.717, 1.165) is 39.1 Å². The van der Waals surface area contributed by atoms with Gasteiger partial charge in [0.15, 0.2) is 5.79 Å².